The third-order valence-corrected chi connectivity index (χ3v) is 24.7. The normalized spacial score (nSPS) is 11.0. The number of rotatable bonds is 13. The van der Waals surface area contributed by atoms with Crippen molar-refractivity contribution in [2.45, 2.75) is 69.2 Å². The van der Waals surface area contributed by atoms with E-state index in [-0.39, 0.29) is 58.9 Å². The number of halogens is 3. The van der Waals surface area contributed by atoms with E-state index in [0.29, 0.717) is 0 Å². The van der Waals surface area contributed by atoms with E-state index in [1.807, 2.05) is 0 Å². The second-order valence-electron chi connectivity index (χ2n) is 24.2. The molecule has 0 bridgehead atoms. The summed E-state index contributed by atoms with van der Waals surface area (Å²) in [6.07, 6.45) is 0. The summed E-state index contributed by atoms with van der Waals surface area (Å²) in [6, 6.07) is 103. The number of hydrogen-bond acceptors (Lipinski definition) is 0. The molecule has 0 nitrogen and oxygen atoms in total. The van der Waals surface area contributed by atoms with Gasteiger partial charge in [-0.25, -0.2) is 0 Å². The van der Waals surface area contributed by atoms with E-state index in [4.69, 9.17) is 0 Å². The predicted molar refractivity (Wildman–Crippen MR) is 382 cm³/mol. The minimum atomic E-state index is -4.32. The molecule has 13 aromatic rings. The van der Waals surface area contributed by atoms with Gasteiger partial charge in [0, 0.05) is 0 Å². The van der Waals surface area contributed by atoms with Gasteiger partial charge in [-0.3, -0.25) is 0 Å². The SMILES string of the molecule is Cc1c(-c2ccccc2)c(C)c(-c2ccccc2)c([Si](c2c(-c3ccccc3)c(C)c(-c3ccccc3)c(C)c2-c2ccccc2)(c2c(-c3ccccc3)c(C)c(-c3ccccc3)c(C)c2-c2ccccc2)c2c(C)c(C)c(C)[c-]2C)c1-c1ccccc1.[Cl-].[Cl-].[Cl-].[Ti+4]. The van der Waals surface area contributed by atoms with Crippen LogP contribution in [0.5, 0.6) is 0 Å². The second kappa shape index (κ2) is 28.8. The van der Waals surface area contributed by atoms with Gasteiger partial charge >= 0.3 is 21.7 Å². The summed E-state index contributed by atoms with van der Waals surface area (Å²) in [5.74, 6) is 0. The Kier molecular flexibility index (Phi) is 21.3. The first-order valence-electron chi connectivity index (χ1n) is 31.2. The Labute approximate surface area is 581 Å². The van der Waals surface area contributed by atoms with E-state index in [0.717, 1.165) is 0 Å². The molecule has 0 saturated heterocycles. The van der Waals surface area contributed by atoms with Crippen molar-refractivity contribution >= 4 is 28.8 Å². The molecule has 0 radical (unpaired) electrons. The van der Waals surface area contributed by atoms with Crippen molar-refractivity contribution in [1.82, 2.24) is 0 Å². The monoisotopic (exact) mass is 1300 g/mol. The number of benzene rings is 12. The maximum Gasteiger partial charge on any atom is 4.00 e. The fourth-order valence-corrected chi connectivity index (χ4v) is 22.9. The van der Waals surface area contributed by atoms with Gasteiger partial charge in [0.2, 0.25) is 0 Å². The molecule has 0 heterocycles. The summed E-state index contributed by atoms with van der Waals surface area (Å²) in [5.41, 5.74) is 35.3. The van der Waals surface area contributed by atoms with Crippen molar-refractivity contribution in [3.8, 4) is 100 Å². The van der Waals surface area contributed by atoms with Crippen molar-refractivity contribution < 1.29 is 58.9 Å². The Morgan fingerprint density at radius 1 is 0.207 bits per heavy atom. The van der Waals surface area contributed by atoms with E-state index >= 15 is 0 Å². The average molecular weight is 1300 g/mol. The van der Waals surface area contributed by atoms with E-state index in [9.17, 15) is 0 Å². The second-order valence-corrected chi connectivity index (χ2v) is 27.7. The molecule has 0 aliphatic carbocycles. The van der Waals surface area contributed by atoms with E-state index in [1.54, 1.807) is 0 Å². The quantitative estimate of drug-likeness (QED) is 0.0613. The van der Waals surface area contributed by atoms with Crippen molar-refractivity contribution in [3.05, 3.63) is 329 Å². The Hall–Kier alpha value is -8.21. The molecular weight excluding hydrogens is 1230 g/mol. The van der Waals surface area contributed by atoms with Crippen LogP contribution >= 0.6 is 0 Å². The van der Waals surface area contributed by atoms with Gasteiger partial charge in [0.15, 0.2) is 8.07 Å². The zero-order chi connectivity index (χ0) is 60.8. The fraction of sp³-hybridized carbons (Fsp3) is 0.115. The molecule has 0 aromatic heterocycles. The van der Waals surface area contributed by atoms with Gasteiger partial charge in [-0.1, -0.05) is 301 Å². The maximum absolute atomic E-state index is 4.32. The molecule has 452 valence electrons. The molecule has 0 aliphatic rings. The summed E-state index contributed by atoms with van der Waals surface area (Å²) >= 11 is 0. The van der Waals surface area contributed by atoms with Crippen LogP contribution in [0.4, 0.5) is 0 Å². The molecular formula is C87H75Cl3SiTi. The Morgan fingerprint density at radius 2 is 0.359 bits per heavy atom. The molecule has 13 rings (SSSR count). The van der Waals surface area contributed by atoms with Crippen molar-refractivity contribution in [2.24, 2.45) is 0 Å². The Balaban J connectivity index is 0.00000250. The number of hydrogen-bond donors (Lipinski definition) is 0. The summed E-state index contributed by atoms with van der Waals surface area (Å²) in [5, 5.41) is 5.65. The van der Waals surface area contributed by atoms with Crippen molar-refractivity contribution in [3.63, 3.8) is 0 Å². The van der Waals surface area contributed by atoms with Gasteiger partial charge in [-0.2, -0.15) is 27.4 Å². The Morgan fingerprint density at radius 3 is 0.500 bits per heavy atom. The van der Waals surface area contributed by atoms with Gasteiger partial charge < -0.3 is 37.2 Å². The minimum Gasteiger partial charge on any atom is -1.00 e. The van der Waals surface area contributed by atoms with Crippen LogP contribution in [0.15, 0.2) is 273 Å². The third-order valence-electron chi connectivity index (χ3n) is 19.5. The zero-order valence-electron chi connectivity index (χ0n) is 54.1. The molecule has 13 aromatic carbocycles. The summed E-state index contributed by atoms with van der Waals surface area (Å²) in [4.78, 5) is 0. The molecule has 0 amide bonds. The smallest absolute Gasteiger partial charge is 1.00 e. The van der Waals surface area contributed by atoms with Gasteiger partial charge in [0.1, 0.15) is 0 Å². The largest absolute Gasteiger partial charge is 4.00 e. The third kappa shape index (κ3) is 11.5. The zero-order valence-corrected chi connectivity index (χ0v) is 58.9. The molecule has 0 spiro atoms. The molecule has 5 heteroatoms. The maximum atomic E-state index is 2.49. The first-order valence-corrected chi connectivity index (χ1v) is 33.2. The molecule has 0 fully saturated rings. The molecule has 92 heavy (non-hydrogen) atoms. The summed E-state index contributed by atoms with van der Waals surface area (Å²) in [7, 11) is -4.32. The van der Waals surface area contributed by atoms with Crippen LogP contribution < -0.4 is 58.0 Å². The van der Waals surface area contributed by atoms with Crippen LogP contribution in [0.25, 0.3) is 100 Å². The van der Waals surface area contributed by atoms with Crippen LogP contribution in [-0.4, -0.2) is 8.07 Å². The first kappa shape index (κ1) is 68.2. The summed E-state index contributed by atoms with van der Waals surface area (Å²) in [6.45, 7) is 24.5. The Bertz CT molecular complexity index is 4040. The topological polar surface area (TPSA) is 0 Å². The van der Waals surface area contributed by atoms with Gasteiger partial charge in [0.05, 0.1) is 0 Å². The van der Waals surface area contributed by atoms with Crippen molar-refractivity contribution in [1.29, 1.82) is 0 Å². The van der Waals surface area contributed by atoms with Crippen LogP contribution in [-0.2, 0) is 21.7 Å². The molecule has 0 aliphatic heterocycles. The van der Waals surface area contributed by atoms with Gasteiger partial charge in [0.25, 0.3) is 0 Å². The van der Waals surface area contributed by atoms with Crippen LogP contribution in [0, 0.1) is 69.2 Å². The van der Waals surface area contributed by atoms with Crippen LogP contribution in [0.3, 0.4) is 0 Å². The van der Waals surface area contributed by atoms with Crippen LogP contribution in [0.1, 0.15) is 55.6 Å². The first-order chi connectivity index (χ1) is 42.9. The van der Waals surface area contributed by atoms with Gasteiger partial charge in [-0.05, 0) is 191 Å². The van der Waals surface area contributed by atoms with Crippen LogP contribution in [0.2, 0.25) is 0 Å². The summed E-state index contributed by atoms with van der Waals surface area (Å²) < 4.78 is 0. The molecule has 0 atom stereocenters. The van der Waals surface area contributed by atoms with Crippen molar-refractivity contribution in [2.75, 3.05) is 0 Å². The minimum absolute atomic E-state index is 0. The predicted octanol–water partition coefficient (Wildman–Crippen LogP) is 11.9. The van der Waals surface area contributed by atoms with E-state index in [2.05, 4.69) is 342 Å². The molecule has 0 saturated carbocycles. The van der Waals surface area contributed by atoms with E-state index in [1.165, 1.54) is 177 Å². The van der Waals surface area contributed by atoms with Gasteiger partial charge in [-0.15, -0.1) is 0 Å². The standard InChI is InChI=1S/C87H75Si.3ClH.Ti/c1-56-57(2)59(4)84(58(56)3)88(85-78(69-44-26-14-27-45-69)60(5)75(66-38-20-11-21-39-66)61(6)79(85)70-46-28-15-29-47-70,86-80(71-48-30-16-31-49-71)62(7)76(67-40-22-12-23-41-67)63(8)81(86)72-50-32-17-33-51-72)87-82(73-52-34-18-35-53-73)64(9)77(68-42-24-13-25-43-68)65(10)83(87)74-54-36-19-37-55-74;;;;/h11-55H,1-10H3;3*1H;/q-1;;;;+4/p-3. The average Bonchev–Trinajstić information content (AvgIpc) is 1.16. The molecule has 0 unspecified atom stereocenters. The molecule has 0 N–H and O–H groups in total. The van der Waals surface area contributed by atoms with E-state index < -0.39 is 8.07 Å². The fourth-order valence-electron chi connectivity index (χ4n) is 15.7.